The maximum absolute atomic E-state index is 12.7. The first-order chi connectivity index (χ1) is 10.4. The Labute approximate surface area is 132 Å². The number of rotatable bonds is 10. The molecule has 0 aliphatic rings. The molecule has 1 aromatic heterocycles. The van der Waals surface area contributed by atoms with Gasteiger partial charge in [-0.3, -0.25) is 4.68 Å². The molecule has 1 atom stereocenters. The number of unbranched alkanes of at least 4 members (excludes halogenated alkanes) is 4. The van der Waals surface area contributed by atoms with Gasteiger partial charge in [0.05, 0.1) is 0 Å². The highest BCUT2D eigenvalue weighted by Gasteiger charge is 2.34. The Hall–Kier alpha value is -1.00. The third kappa shape index (κ3) is 6.41. The van der Waals surface area contributed by atoms with Crippen LogP contribution in [0, 0.1) is 5.92 Å². The summed E-state index contributed by atoms with van der Waals surface area (Å²) in [6.07, 6.45) is 5.65. The predicted molar refractivity (Wildman–Crippen MR) is 83.7 cm³/mol. The molecule has 0 radical (unpaired) electrons. The van der Waals surface area contributed by atoms with E-state index < -0.39 is 11.9 Å². The van der Waals surface area contributed by atoms with Crippen molar-refractivity contribution in [3.63, 3.8) is 0 Å². The molecule has 0 bridgehead atoms. The fraction of sp³-hybridized carbons (Fsp3) is 0.824. The van der Waals surface area contributed by atoms with Crippen LogP contribution in [0.25, 0.3) is 0 Å². The van der Waals surface area contributed by atoms with E-state index in [1.54, 1.807) is 7.05 Å². The van der Waals surface area contributed by atoms with Crippen LogP contribution in [0.1, 0.15) is 76.6 Å². The second kappa shape index (κ2) is 9.21. The summed E-state index contributed by atoms with van der Waals surface area (Å²) in [7, 11) is 1.61. The van der Waals surface area contributed by atoms with Crippen molar-refractivity contribution in [2.45, 2.75) is 77.8 Å². The Balaban J connectivity index is 2.65. The molecule has 128 valence electrons. The van der Waals surface area contributed by atoms with Gasteiger partial charge in [0, 0.05) is 12.7 Å². The van der Waals surface area contributed by atoms with Crippen molar-refractivity contribution < 1.29 is 13.2 Å². The Kier molecular flexibility index (Phi) is 7.97. The lowest BCUT2D eigenvalue weighted by atomic mass is 9.91. The minimum Gasteiger partial charge on any atom is -0.272 e. The fourth-order valence-electron chi connectivity index (χ4n) is 2.83. The monoisotopic (exact) mass is 318 g/mol. The Morgan fingerprint density at radius 3 is 2.23 bits per heavy atom. The molecule has 0 saturated carbocycles. The van der Waals surface area contributed by atoms with Gasteiger partial charge in [0.1, 0.15) is 0 Å². The van der Waals surface area contributed by atoms with Gasteiger partial charge in [0.25, 0.3) is 0 Å². The molecule has 1 aromatic rings. The Morgan fingerprint density at radius 1 is 1.05 bits per heavy atom. The zero-order chi connectivity index (χ0) is 16.6. The first-order valence-corrected chi connectivity index (χ1v) is 8.48. The second-order valence-corrected chi connectivity index (χ2v) is 6.20. The average molecular weight is 318 g/mol. The van der Waals surface area contributed by atoms with E-state index in [0.29, 0.717) is 18.0 Å². The van der Waals surface area contributed by atoms with Crippen LogP contribution in [0.4, 0.5) is 13.2 Å². The molecule has 0 aromatic carbocycles. The van der Waals surface area contributed by atoms with E-state index in [9.17, 15) is 13.2 Å². The lowest BCUT2D eigenvalue weighted by Crippen LogP contribution is -2.09. The van der Waals surface area contributed by atoms with Gasteiger partial charge in [-0.2, -0.15) is 18.3 Å². The van der Waals surface area contributed by atoms with Crippen molar-refractivity contribution in [3.05, 3.63) is 17.5 Å². The molecule has 0 spiro atoms. The molecule has 1 heterocycles. The maximum atomic E-state index is 12.7. The molecule has 0 amide bonds. The van der Waals surface area contributed by atoms with Crippen molar-refractivity contribution in [2.24, 2.45) is 13.0 Å². The normalized spacial score (nSPS) is 13.5. The van der Waals surface area contributed by atoms with Crippen LogP contribution in [-0.2, 0) is 19.6 Å². The van der Waals surface area contributed by atoms with Crippen LogP contribution >= 0.6 is 0 Å². The van der Waals surface area contributed by atoms with Gasteiger partial charge in [-0.25, -0.2) is 0 Å². The lowest BCUT2D eigenvalue weighted by molar-refractivity contribution is -0.141. The van der Waals surface area contributed by atoms with E-state index in [-0.39, 0.29) is 0 Å². The van der Waals surface area contributed by atoms with Crippen LogP contribution in [-0.4, -0.2) is 9.78 Å². The summed E-state index contributed by atoms with van der Waals surface area (Å²) in [5.41, 5.74) is -0.0749. The van der Waals surface area contributed by atoms with Crippen molar-refractivity contribution in [2.75, 3.05) is 0 Å². The summed E-state index contributed by atoms with van der Waals surface area (Å²) < 4.78 is 39.6. The molecule has 1 unspecified atom stereocenters. The molecule has 0 aliphatic heterocycles. The molecule has 0 fully saturated rings. The highest BCUT2D eigenvalue weighted by atomic mass is 19.4. The summed E-state index contributed by atoms with van der Waals surface area (Å²) in [5.74, 6) is 0.466. The highest BCUT2D eigenvalue weighted by Crippen LogP contribution is 2.30. The van der Waals surface area contributed by atoms with Crippen molar-refractivity contribution in [1.82, 2.24) is 9.78 Å². The van der Waals surface area contributed by atoms with E-state index >= 15 is 0 Å². The van der Waals surface area contributed by atoms with Gasteiger partial charge in [-0.05, 0) is 18.4 Å². The SMILES string of the molecule is CCCCCCC(CCCC)Cc1cc(C(F)(F)F)nn1C. The Morgan fingerprint density at radius 2 is 1.68 bits per heavy atom. The van der Waals surface area contributed by atoms with Gasteiger partial charge < -0.3 is 0 Å². The van der Waals surface area contributed by atoms with Crippen LogP contribution in [0.3, 0.4) is 0 Å². The Bertz CT molecular complexity index is 424. The number of hydrogen-bond acceptors (Lipinski definition) is 1. The molecule has 2 nitrogen and oxygen atoms in total. The number of hydrogen-bond donors (Lipinski definition) is 0. The van der Waals surface area contributed by atoms with Gasteiger partial charge in [-0.1, -0.05) is 65.2 Å². The van der Waals surface area contributed by atoms with Crippen LogP contribution < -0.4 is 0 Å². The average Bonchev–Trinajstić information content (AvgIpc) is 2.82. The summed E-state index contributed by atoms with van der Waals surface area (Å²) in [6.45, 7) is 4.34. The maximum Gasteiger partial charge on any atom is 0.435 e. The summed E-state index contributed by atoms with van der Waals surface area (Å²) in [4.78, 5) is 0. The van der Waals surface area contributed by atoms with Crippen LogP contribution in [0.2, 0.25) is 0 Å². The summed E-state index contributed by atoms with van der Waals surface area (Å²) >= 11 is 0. The van der Waals surface area contributed by atoms with E-state index in [0.717, 1.165) is 25.7 Å². The number of aromatic nitrogens is 2. The zero-order valence-electron chi connectivity index (χ0n) is 14.0. The summed E-state index contributed by atoms with van der Waals surface area (Å²) in [5, 5.41) is 3.62. The van der Waals surface area contributed by atoms with E-state index in [4.69, 9.17) is 0 Å². The largest absolute Gasteiger partial charge is 0.435 e. The molecular weight excluding hydrogens is 289 g/mol. The molecule has 1 rings (SSSR count). The van der Waals surface area contributed by atoms with Gasteiger partial charge in [0.15, 0.2) is 5.69 Å². The second-order valence-electron chi connectivity index (χ2n) is 6.20. The van der Waals surface area contributed by atoms with Crippen LogP contribution in [0.5, 0.6) is 0 Å². The van der Waals surface area contributed by atoms with Gasteiger partial charge >= 0.3 is 6.18 Å². The molecule has 22 heavy (non-hydrogen) atoms. The minimum absolute atomic E-state index is 0.466. The molecule has 0 N–H and O–H groups in total. The minimum atomic E-state index is -4.35. The van der Waals surface area contributed by atoms with Gasteiger partial charge in [-0.15, -0.1) is 0 Å². The third-order valence-electron chi connectivity index (χ3n) is 4.20. The van der Waals surface area contributed by atoms with E-state index in [1.807, 2.05) is 0 Å². The smallest absolute Gasteiger partial charge is 0.272 e. The topological polar surface area (TPSA) is 17.8 Å². The highest BCUT2D eigenvalue weighted by molar-refractivity contribution is 5.13. The molecular formula is C17H29F3N2. The van der Waals surface area contributed by atoms with E-state index in [1.165, 1.54) is 36.4 Å². The van der Waals surface area contributed by atoms with Crippen molar-refractivity contribution in [1.29, 1.82) is 0 Å². The molecule has 0 saturated heterocycles. The fourth-order valence-corrected chi connectivity index (χ4v) is 2.83. The number of aryl methyl sites for hydroxylation is 1. The predicted octanol–water partition coefficient (Wildman–Crippen LogP) is 5.76. The number of nitrogens with zero attached hydrogens (tertiary/aromatic N) is 2. The number of alkyl halides is 3. The van der Waals surface area contributed by atoms with Crippen molar-refractivity contribution in [3.8, 4) is 0 Å². The van der Waals surface area contributed by atoms with Crippen LogP contribution in [0.15, 0.2) is 6.07 Å². The van der Waals surface area contributed by atoms with Gasteiger partial charge in [0.2, 0.25) is 0 Å². The third-order valence-corrected chi connectivity index (χ3v) is 4.20. The standard InChI is InChI=1S/C17H29F3N2/c1-4-6-8-9-11-14(10-7-5-2)12-15-13-16(17(18,19)20)21-22(15)3/h13-14H,4-12H2,1-3H3. The van der Waals surface area contributed by atoms with Crippen molar-refractivity contribution >= 4 is 0 Å². The first kappa shape index (κ1) is 19.0. The molecule has 5 heteroatoms. The lowest BCUT2D eigenvalue weighted by Gasteiger charge is -2.16. The summed E-state index contributed by atoms with van der Waals surface area (Å²) in [6, 6.07) is 1.21. The quantitative estimate of drug-likeness (QED) is 0.502. The number of halogens is 3. The first-order valence-electron chi connectivity index (χ1n) is 8.48. The van der Waals surface area contributed by atoms with E-state index in [2.05, 4.69) is 18.9 Å². The molecule has 0 aliphatic carbocycles. The zero-order valence-corrected chi connectivity index (χ0v) is 14.0.